The Labute approximate surface area is 115 Å². The van der Waals surface area contributed by atoms with Gasteiger partial charge in [0.2, 0.25) is 0 Å². The molecule has 2 rings (SSSR count). The van der Waals surface area contributed by atoms with Gasteiger partial charge in [0.05, 0.1) is 9.82 Å². The molecule has 0 bridgehead atoms. The van der Waals surface area contributed by atoms with Gasteiger partial charge in [-0.15, -0.1) is 4.40 Å². The maximum Gasteiger partial charge on any atom is 0.284 e. The molecule has 0 amide bonds. The van der Waals surface area contributed by atoms with Crippen molar-refractivity contribution >= 4 is 15.7 Å². The number of nitrogens with zero attached hydrogens (tertiary/aromatic N) is 3. The fraction of sp³-hybridized carbons (Fsp3) is 0.0833. The van der Waals surface area contributed by atoms with Crippen LogP contribution in [0.5, 0.6) is 0 Å². The highest BCUT2D eigenvalue weighted by atomic mass is 32.2. The number of benzene rings is 1. The van der Waals surface area contributed by atoms with Crippen LogP contribution < -0.4 is 5.49 Å². The van der Waals surface area contributed by atoms with Crippen molar-refractivity contribution < 1.29 is 13.3 Å². The van der Waals surface area contributed by atoms with E-state index in [2.05, 4.69) is 4.40 Å². The highest BCUT2D eigenvalue weighted by Crippen LogP contribution is 2.18. The van der Waals surface area contributed by atoms with Crippen LogP contribution in [0.4, 0.5) is 5.69 Å². The Morgan fingerprint density at radius 1 is 1.20 bits per heavy atom. The van der Waals surface area contributed by atoms with E-state index in [0.717, 1.165) is 6.07 Å². The van der Waals surface area contributed by atoms with E-state index in [1.807, 2.05) is 0 Å². The summed E-state index contributed by atoms with van der Waals surface area (Å²) in [5.41, 5.74) is -0.0577. The molecular weight excluding hydrogens is 282 g/mol. The van der Waals surface area contributed by atoms with Crippen molar-refractivity contribution in [1.29, 1.82) is 0 Å². The normalized spacial score (nSPS) is 12.3. The molecule has 0 aliphatic rings. The average molecular weight is 293 g/mol. The predicted molar refractivity (Wildman–Crippen MR) is 71.3 cm³/mol. The Bertz CT molecular complexity index is 824. The summed E-state index contributed by atoms with van der Waals surface area (Å²) in [6.45, 7) is 0. The van der Waals surface area contributed by atoms with Gasteiger partial charge >= 0.3 is 0 Å². The van der Waals surface area contributed by atoms with Gasteiger partial charge in [0.25, 0.3) is 15.7 Å². The number of hydrogen-bond donors (Lipinski definition) is 0. The molecule has 20 heavy (non-hydrogen) atoms. The van der Waals surface area contributed by atoms with Gasteiger partial charge in [0.1, 0.15) is 5.49 Å². The van der Waals surface area contributed by atoms with Crippen molar-refractivity contribution in [2.24, 2.45) is 11.4 Å². The van der Waals surface area contributed by atoms with Gasteiger partial charge < -0.3 is 4.57 Å². The lowest BCUT2D eigenvalue weighted by molar-refractivity contribution is -0.385. The van der Waals surface area contributed by atoms with Crippen LogP contribution >= 0.6 is 0 Å². The van der Waals surface area contributed by atoms with Crippen LogP contribution in [0, 0.1) is 10.1 Å². The van der Waals surface area contributed by atoms with E-state index in [1.54, 1.807) is 25.4 Å². The van der Waals surface area contributed by atoms with Crippen molar-refractivity contribution in [2.75, 3.05) is 0 Å². The minimum atomic E-state index is -3.99. The molecule has 0 saturated carbocycles. The van der Waals surface area contributed by atoms with Crippen LogP contribution in [-0.4, -0.2) is 17.9 Å². The number of nitro benzene ring substituents is 1. The van der Waals surface area contributed by atoms with Crippen molar-refractivity contribution in [2.45, 2.75) is 4.90 Å². The van der Waals surface area contributed by atoms with Crippen molar-refractivity contribution in [3.05, 3.63) is 64.3 Å². The second kappa shape index (κ2) is 5.25. The summed E-state index contributed by atoms with van der Waals surface area (Å²) < 4.78 is 29.5. The first-order valence-electron chi connectivity index (χ1n) is 5.57. The molecule has 0 atom stereocenters. The topological polar surface area (TPSA) is 94.6 Å². The third-order valence-electron chi connectivity index (χ3n) is 2.57. The van der Waals surface area contributed by atoms with Gasteiger partial charge in [-0.3, -0.25) is 10.1 Å². The van der Waals surface area contributed by atoms with Crippen LogP contribution in [0.25, 0.3) is 0 Å². The first kappa shape index (κ1) is 13.9. The van der Waals surface area contributed by atoms with E-state index in [0.29, 0.717) is 0 Å². The lowest BCUT2D eigenvalue weighted by atomic mass is 10.3. The van der Waals surface area contributed by atoms with E-state index in [-0.39, 0.29) is 16.1 Å². The summed E-state index contributed by atoms with van der Waals surface area (Å²) in [5.74, 6) is 0. The van der Waals surface area contributed by atoms with E-state index < -0.39 is 14.9 Å². The maximum absolute atomic E-state index is 12.1. The van der Waals surface area contributed by atoms with Gasteiger partial charge in [-0.25, -0.2) is 0 Å². The molecule has 1 aromatic heterocycles. The molecule has 0 N–H and O–H groups in total. The van der Waals surface area contributed by atoms with E-state index in [9.17, 15) is 18.5 Å². The SMILES string of the molecule is Cn1ccccc1=NS(=O)(=O)c1cccc([N+](=O)[O-])c1. The Morgan fingerprint density at radius 2 is 1.95 bits per heavy atom. The second-order valence-electron chi connectivity index (χ2n) is 3.99. The summed E-state index contributed by atoms with van der Waals surface area (Å²) in [5, 5.41) is 10.7. The smallest absolute Gasteiger partial charge is 0.284 e. The second-order valence-corrected chi connectivity index (χ2v) is 5.59. The first-order chi connectivity index (χ1) is 9.40. The standard InChI is InChI=1S/C12H11N3O4S/c1-14-8-3-2-7-12(14)13-20(18,19)11-6-4-5-10(9-11)15(16)17/h2-9H,1H3. The molecule has 1 aromatic carbocycles. The largest absolute Gasteiger partial charge is 0.335 e. The van der Waals surface area contributed by atoms with E-state index >= 15 is 0 Å². The molecule has 0 aliphatic heterocycles. The molecule has 0 spiro atoms. The Kier molecular flexibility index (Phi) is 3.66. The molecule has 7 nitrogen and oxygen atoms in total. The molecule has 0 saturated heterocycles. The molecule has 2 aromatic rings. The van der Waals surface area contributed by atoms with Crippen LogP contribution in [-0.2, 0) is 17.1 Å². The number of hydrogen-bond acceptors (Lipinski definition) is 4. The number of pyridine rings is 1. The molecule has 0 radical (unpaired) electrons. The molecule has 0 unspecified atom stereocenters. The van der Waals surface area contributed by atoms with Crippen molar-refractivity contribution in [1.82, 2.24) is 4.57 Å². The highest BCUT2D eigenvalue weighted by Gasteiger charge is 2.16. The lowest BCUT2D eigenvalue weighted by Gasteiger charge is -2.01. The first-order valence-corrected chi connectivity index (χ1v) is 7.01. The summed E-state index contributed by atoms with van der Waals surface area (Å²) in [4.78, 5) is 9.80. The van der Waals surface area contributed by atoms with Crippen molar-refractivity contribution in [3.63, 3.8) is 0 Å². The zero-order valence-corrected chi connectivity index (χ0v) is 11.3. The summed E-state index contributed by atoms with van der Waals surface area (Å²) in [6, 6.07) is 9.72. The number of rotatable bonds is 3. The Hall–Kier alpha value is -2.48. The van der Waals surface area contributed by atoms with Gasteiger partial charge in [-0.05, 0) is 18.2 Å². The Morgan fingerprint density at radius 3 is 2.60 bits per heavy atom. The Balaban J connectivity index is 2.57. The molecule has 104 valence electrons. The summed E-state index contributed by atoms with van der Waals surface area (Å²) in [6.07, 6.45) is 1.65. The lowest BCUT2D eigenvalue weighted by Crippen LogP contribution is -2.18. The zero-order chi connectivity index (χ0) is 14.8. The zero-order valence-electron chi connectivity index (χ0n) is 10.5. The van der Waals surface area contributed by atoms with Gasteiger partial charge in [-0.2, -0.15) is 8.42 Å². The highest BCUT2D eigenvalue weighted by molar-refractivity contribution is 7.90. The number of aryl methyl sites for hydroxylation is 1. The quantitative estimate of drug-likeness (QED) is 0.628. The average Bonchev–Trinajstić information content (AvgIpc) is 2.41. The fourth-order valence-corrected chi connectivity index (χ4v) is 2.60. The molecule has 0 aliphatic carbocycles. The number of sulfonamides is 1. The third-order valence-corrected chi connectivity index (χ3v) is 3.84. The molecule has 1 heterocycles. The number of non-ortho nitro benzene ring substituents is 1. The van der Waals surface area contributed by atoms with E-state index in [4.69, 9.17) is 0 Å². The fourth-order valence-electron chi connectivity index (χ4n) is 1.54. The molecule has 8 heteroatoms. The van der Waals surface area contributed by atoms with Crippen LogP contribution in [0.1, 0.15) is 0 Å². The summed E-state index contributed by atoms with van der Waals surface area (Å²) >= 11 is 0. The van der Waals surface area contributed by atoms with Crippen LogP contribution in [0.3, 0.4) is 0 Å². The van der Waals surface area contributed by atoms with Crippen LogP contribution in [0.15, 0.2) is 58.0 Å². The molecule has 0 fully saturated rings. The van der Waals surface area contributed by atoms with Crippen molar-refractivity contribution in [3.8, 4) is 0 Å². The number of nitro groups is 1. The summed E-state index contributed by atoms with van der Waals surface area (Å²) in [7, 11) is -2.34. The maximum atomic E-state index is 12.1. The molecular formula is C12H11N3O4S. The van der Waals surface area contributed by atoms with Crippen LogP contribution in [0.2, 0.25) is 0 Å². The van der Waals surface area contributed by atoms with E-state index in [1.165, 1.54) is 28.8 Å². The van der Waals surface area contributed by atoms with Gasteiger partial charge in [-0.1, -0.05) is 12.1 Å². The monoisotopic (exact) mass is 293 g/mol. The number of aromatic nitrogens is 1. The minimum absolute atomic E-state index is 0.212. The minimum Gasteiger partial charge on any atom is -0.335 e. The van der Waals surface area contributed by atoms with Gasteiger partial charge in [0, 0.05) is 25.4 Å². The van der Waals surface area contributed by atoms with Gasteiger partial charge in [0.15, 0.2) is 0 Å². The predicted octanol–water partition coefficient (Wildman–Crippen LogP) is 1.22. The third kappa shape index (κ3) is 2.91.